The van der Waals surface area contributed by atoms with E-state index in [0.717, 1.165) is 16.8 Å². The van der Waals surface area contributed by atoms with Gasteiger partial charge >= 0.3 is 12.2 Å². The summed E-state index contributed by atoms with van der Waals surface area (Å²) in [6, 6.07) is 19.2. The lowest BCUT2D eigenvalue weighted by Gasteiger charge is -2.06. The lowest BCUT2D eigenvalue weighted by Crippen LogP contribution is -2.11. The van der Waals surface area contributed by atoms with Crippen LogP contribution in [0.15, 0.2) is 71.4 Å². The number of hydrogen-bond acceptors (Lipinski definition) is 6. The van der Waals surface area contributed by atoms with Crippen LogP contribution >= 0.6 is 0 Å². The molecule has 28 heavy (non-hydrogen) atoms. The van der Waals surface area contributed by atoms with Crippen molar-refractivity contribution in [3.05, 3.63) is 72.6 Å². The van der Waals surface area contributed by atoms with E-state index >= 15 is 0 Å². The zero-order valence-corrected chi connectivity index (χ0v) is 15.3. The normalized spacial score (nSPS) is 10.6. The number of aryl methyl sites for hydroxylation is 1. The molecule has 0 saturated heterocycles. The first-order valence-corrected chi connectivity index (χ1v) is 8.60. The molecule has 7 nitrogen and oxygen atoms in total. The number of nitrogens with zero attached hydrogens (tertiary/aromatic N) is 3. The van der Waals surface area contributed by atoms with Gasteiger partial charge in [-0.15, -0.1) is 0 Å². The molecule has 140 valence electrons. The van der Waals surface area contributed by atoms with Crippen LogP contribution in [-0.2, 0) is 4.74 Å². The number of methoxy groups -OCH3 is 1. The minimum atomic E-state index is -0.848. The summed E-state index contributed by atoms with van der Waals surface area (Å²) in [5.41, 5.74) is 3.66. The van der Waals surface area contributed by atoms with Crippen molar-refractivity contribution in [1.82, 2.24) is 14.7 Å². The number of imidazole rings is 1. The van der Waals surface area contributed by atoms with Gasteiger partial charge in [-0.1, -0.05) is 53.7 Å². The Morgan fingerprint density at radius 2 is 1.71 bits per heavy atom. The number of ether oxygens (including phenoxy) is 2. The van der Waals surface area contributed by atoms with Crippen molar-refractivity contribution in [3.8, 4) is 34.2 Å². The number of rotatable bonds is 4. The van der Waals surface area contributed by atoms with Crippen LogP contribution in [0.5, 0.6) is 6.01 Å². The largest absolute Gasteiger partial charge is 0.516 e. The molecule has 4 rings (SSSR count). The number of benzene rings is 2. The summed E-state index contributed by atoms with van der Waals surface area (Å²) in [6.07, 6.45) is 0.930. The Balaban J connectivity index is 1.86. The molecule has 0 radical (unpaired) electrons. The molecular formula is C21H17N3O4. The maximum atomic E-state index is 11.7. The molecule has 0 saturated carbocycles. The second-order valence-corrected chi connectivity index (χ2v) is 6.00. The summed E-state index contributed by atoms with van der Waals surface area (Å²) in [5, 5.41) is 4.19. The van der Waals surface area contributed by atoms with Gasteiger partial charge in [0, 0.05) is 11.8 Å². The molecular weight excluding hydrogens is 358 g/mol. The van der Waals surface area contributed by atoms with Crippen molar-refractivity contribution >= 4 is 6.16 Å². The number of carbonyl (C=O) groups excluding carboxylic acids is 1. The first kappa shape index (κ1) is 17.5. The third-order valence-corrected chi connectivity index (χ3v) is 4.22. The maximum Gasteiger partial charge on any atom is 0.516 e. The number of para-hydroxylation sites is 1. The monoisotopic (exact) mass is 375 g/mol. The molecule has 0 aliphatic heterocycles. The van der Waals surface area contributed by atoms with Gasteiger partial charge in [0.05, 0.1) is 24.1 Å². The van der Waals surface area contributed by atoms with Crippen molar-refractivity contribution in [2.75, 3.05) is 7.11 Å². The first-order chi connectivity index (χ1) is 13.7. The van der Waals surface area contributed by atoms with Gasteiger partial charge in [0.1, 0.15) is 11.5 Å². The molecule has 0 amide bonds. The van der Waals surface area contributed by atoms with Crippen molar-refractivity contribution in [2.45, 2.75) is 6.92 Å². The Hall–Kier alpha value is -3.87. The van der Waals surface area contributed by atoms with E-state index in [-0.39, 0.29) is 6.01 Å². The van der Waals surface area contributed by atoms with Crippen LogP contribution < -0.4 is 4.74 Å². The van der Waals surface area contributed by atoms with E-state index in [0.29, 0.717) is 17.1 Å². The Morgan fingerprint density at radius 3 is 2.39 bits per heavy atom. The van der Waals surface area contributed by atoms with E-state index in [1.165, 1.54) is 7.11 Å². The van der Waals surface area contributed by atoms with Gasteiger partial charge < -0.3 is 14.0 Å². The van der Waals surface area contributed by atoms with Gasteiger partial charge in [-0.3, -0.25) is 4.57 Å². The van der Waals surface area contributed by atoms with Gasteiger partial charge in [-0.05, 0) is 19.1 Å². The fraction of sp³-hybridized carbons (Fsp3) is 0.0952. The second kappa shape index (κ2) is 7.40. The van der Waals surface area contributed by atoms with Gasteiger partial charge in [-0.2, -0.15) is 4.98 Å². The van der Waals surface area contributed by atoms with E-state index in [1.54, 1.807) is 10.8 Å². The summed E-state index contributed by atoms with van der Waals surface area (Å²) in [4.78, 5) is 16.2. The molecule has 0 spiro atoms. The van der Waals surface area contributed by atoms with Crippen LogP contribution in [0, 0.1) is 6.92 Å². The minimum absolute atomic E-state index is 0.0904. The molecule has 0 unspecified atom stereocenters. The summed E-state index contributed by atoms with van der Waals surface area (Å²) < 4.78 is 17.0. The molecule has 0 fully saturated rings. The topological polar surface area (TPSA) is 79.4 Å². The lowest BCUT2D eigenvalue weighted by molar-refractivity contribution is 0.117. The van der Waals surface area contributed by atoms with Crippen LogP contribution in [0.4, 0.5) is 4.79 Å². The summed E-state index contributed by atoms with van der Waals surface area (Å²) in [7, 11) is 1.25. The quantitative estimate of drug-likeness (QED) is 0.483. The van der Waals surface area contributed by atoms with Gasteiger partial charge in [0.25, 0.3) is 0 Å². The molecule has 0 atom stereocenters. The third-order valence-electron chi connectivity index (χ3n) is 4.22. The fourth-order valence-electron chi connectivity index (χ4n) is 2.91. The van der Waals surface area contributed by atoms with Crippen LogP contribution in [0.2, 0.25) is 0 Å². The average Bonchev–Trinajstić information content (AvgIpc) is 3.32. The lowest BCUT2D eigenvalue weighted by atomic mass is 10.0. The average molecular weight is 375 g/mol. The first-order valence-electron chi connectivity index (χ1n) is 8.60. The predicted octanol–water partition coefficient (Wildman–Crippen LogP) is 4.65. The molecule has 7 heteroatoms. The zero-order valence-electron chi connectivity index (χ0n) is 15.3. The van der Waals surface area contributed by atoms with E-state index < -0.39 is 6.16 Å². The third kappa shape index (κ3) is 3.25. The van der Waals surface area contributed by atoms with Crippen LogP contribution in [0.25, 0.3) is 28.2 Å². The highest BCUT2D eigenvalue weighted by atomic mass is 16.7. The van der Waals surface area contributed by atoms with Crippen LogP contribution in [0.3, 0.4) is 0 Å². The fourth-order valence-corrected chi connectivity index (χ4v) is 2.91. The SMILES string of the molecule is COC(=O)Oc1nc(-c2c(-c3ccccc3)noc2C)cn1-c1ccccc1. The summed E-state index contributed by atoms with van der Waals surface area (Å²) in [6.45, 7) is 1.82. The van der Waals surface area contributed by atoms with E-state index in [4.69, 9.17) is 9.26 Å². The van der Waals surface area contributed by atoms with Crippen LogP contribution in [-0.4, -0.2) is 28.0 Å². The molecule has 0 aliphatic carbocycles. The Bertz CT molecular complexity index is 1100. The van der Waals surface area contributed by atoms with Crippen molar-refractivity contribution in [2.24, 2.45) is 0 Å². The van der Waals surface area contributed by atoms with Gasteiger partial charge in [0.2, 0.25) is 0 Å². The molecule has 2 heterocycles. The van der Waals surface area contributed by atoms with Crippen LogP contribution in [0.1, 0.15) is 5.76 Å². The highest BCUT2D eigenvalue weighted by Crippen LogP contribution is 2.35. The Morgan fingerprint density at radius 1 is 1.04 bits per heavy atom. The molecule has 4 aromatic rings. The highest BCUT2D eigenvalue weighted by molar-refractivity contribution is 5.80. The second-order valence-electron chi connectivity index (χ2n) is 6.00. The predicted molar refractivity (Wildman–Crippen MR) is 102 cm³/mol. The Labute approximate surface area is 161 Å². The molecule has 0 N–H and O–H groups in total. The number of aromatic nitrogens is 3. The standard InChI is InChI=1S/C21H17N3O4/c1-14-18(19(23-28-14)15-9-5-3-6-10-15)17-13-24(16-11-7-4-8-12-16)20(22-17)27-21(25)26-2/h3-13H,1-2H3. The van der Waals surface area contributed by atoms with Crippen molar-refractivity contribution in [1.29, 1.82) is 0 Å². The van der Waals surface area contributed by atoms with E-state index in [9.17, 15) is 4.79 Å². The molecule has 2 aromatic heterocycles. The number of hydrogen-bond donors (Lipinski definition) is 0. The minimum Gasteiger partial charge on any atom is -0.437 e. The zero-order chi connectivity index (χ0) is 19.5. The van der Waals surface area contributed by atoms with Crippen molar-refractivity contribution in [3.63, 3.8) is 0 Å². The maximum absolute atomic E-state index is 11.7. The van der Waals surface area contributed by atoms with Gasteiger partial charge in [-0.25, -0.2) is 4.79 Å². The van der Waals surface area contributed by atoms with E-state index in [1.807, 2.05) is 67.6 Å². The molecule has 0 aliphatic rings. The Kier molecular flexibility index (Phi) is 4.63. The smallest absolute Gasteiger partial charge is 0.437 e. The summed E-state index contributed by atoms with van der Waals surface area (Å²) in [5.74, 6) is 0.612. The van der Waals surface area contributed by atoms with Gasteiger partial charge in [0.15, 0.2) is 0 Å². The molecule has 2 aromatic carbocycles. The van der Waals surface area contributed by atoms with Crippen molar-refractivity contribution < 1.29 is 18.8 Å². The summed E-state index contributed by atoms with van der Waals surface area (Å²) >= 11 is 0. The van der Waals surface area contributed by atoms with E-state index in [2.05, 4.69) is 14.9 Å². The highest BCUT2D eigenvalue weighted by Gasteiger charge is 2.23. The molecule has 0 bridgehead atoms. The number of carbonyl (C=O) groups is 1.